The normalized spacial score (nSPS) is 26.8. The summed E-state index contributed by atoms with van der Waals surface area (Å²) in [7, 11) is 1.85. The van der Waals surface area contributed by atoms with Gasteiger partial charge < -0.3 is 10.4 Å². The van der Waals surface area contributed by atoms with Gasteiger partial charge in [-0.3, -0.25) is 19.2 Å². The van der Waals surface area contributed by atoms with Crippen molar-refractivity contribution in [1.29, 1.82) is 0 Å². The summed E-state index contributed by atoms with van der Waals surface area (Å²) in [5, 5.41) is 18.4. The third-order valence-corrected chi connectivity index (χ3v) is 5.52. The van der Waals surface area contributed by atoms with Crippen LogP contribution in [-0.4, -0.2) is 51.3 Å². The first-order chi connectivity index (χ1) is 11.4. The molecule has 7 nitrogen and oxygen atoms in total. The van der Waals surface area contributed by atoms with E-state index in [1.54, 1.807) is 4.68 Å². The van der Waals surface area contributed by atoms with E-state index < -0.39 is 17.3 Å². The molecule has 1 amide bonds. The summed E-state index contributed by atoms with van der Waals surface area (Å²) in [6, 6.07) is 5.64. The molecule has 2 aromatic rings. The molecule has 2 atom stereocenters. The number of amides is 1. The van der Waals surface area contributed by atoms with Crippen molar-refractivity contribution in [3.63, 3.8) is 0 Å². The van der Waals surface area contributed by atoms with Gasteiger partial charge >= 0.3 is 5.97 Å². The number of carboxylic acid groups (broad SMARTS) is 1. The number of halogens is 1. The number of hydrogen-bond acceptors (Lipinski definition) is 4. The molecule has 0 aliphatic carbocycles. The Morgan fingerprint density at radius 1 is 1.54 bits per heavy atom. The maximum absolute atomic E-state index is 12.0. The zero-order valence-electron chi connectivity index (χ0n) is 13.1. The van der Waals surface area contributed by atoms with Crippen LogP contribution in [0.2, 0.25) is 5.02 Å². The molecular weight excluding hydrogens is 332 g/mol. The zero-order valence-corrected chi connectivity index (χ0v) is 13.9. The van der Waals surface area contributed by atoms with Gasteiger partial charge in [0.2, 0.25) is 5.91 Å². The summed E-state index contributed by atoms with van der Waals surface area (Å²) in [5.41, 5.74) is 0.701. The molecule has 0 spiro atoms. The van der Waals surface area contributed by atoms with E-state index in [4.69, 9.17) is 11.6 Å². The van der Waals surface area contributed by atoms with Gasteiger partial charge in [0.05, 0.1) is 22.2 Å². The number of nitrogens with zero attached hydrogens (tertiary/aromatic N) is 3. The summed E-state index contributed by atoms with van der Waals surface area (Å²) in [6.07, 6.45) is 0. The molecule has 24 heavy (non-hydrogen) atoms. The van der Waals surface area contributed by atoms with Crippen LogP contribution in [-0.2, 0) is 23.2 Å². The van der Waals surface area contributed by atoms with Crippen LogP contribution in [0.5, 0.6) is 0 Å². The van der Waals surface area contributed by atoms with Crippen LogP contribution in [0.4, 0.5) is 0 Å². The van der Waals surface area contributed by atoms with E-state index in [1.807, 2.05) is 30.1 Å². The Labute approximate surface area is 143 Å². The van der Waals surface area contributed by atoms with Crippen LogP contribution >= 0.6 is 11.6 Å². The van der Waals surface area contributed by atoms with Crippen LogP contribution in [0.3, 0.4) is 0 Å². The third kappa shape index (κ3) is 2.04. The maximum Gasteiger partial charge on any atom is 0.313 e. The van der Waals surface area contributed by atoms with Crippen molar-refractivity contribution < 1.29 is 14.7 Å². The molecule has 126 valence electrons. The molecule has 8 heteroatoms. The topological polar surface area (TPSA) is 87.5 Å². The number of nitrogens with one attached hydrogen (secondary N) is 1. The van der Waals surface area contributed by atoms with Crippen LogP contribution in [0.25, 0.3) is 10.9 Å². The Balaban J connectivity index is 1.66. The molecular formula is C16H17ClN4O3. The number of aromatic nitrogens is 2. The average Bonchev–Trinajstić information content (AvgIpc) is 3.15. The van der Waals surface area contributed by atoms with E-state index >= 15 is 0 Å². The highest BCUT2D eigenvalue weighted by Gasteiger charge is 2.59. The van der Waals surface area contributed by atoms with Crippen molar-refractivity contribution in [2.75, 3.05) is 19.6 Å². The van der Waals surface area contributed by atoms with Crippen molar-refractivity contribution >= 4 is 34.4 Å². The Hall–Kier alpha value is -2.12. The first-order valence-corrected chi connectivity index (χ1v) is 8.14. The van der Waals surface area contributed by atoms with Crippen molar-refractivity contribution in [3.8, 4) is 0 Å². The molecule has 3 heterocycles. The van der Waals surface area contributed by atoms with Crippen LogP contribution in [0.15, 0.2) is 18.2 Å². The molecule has 0 radical (unpaired) electrons. The van der Waals surface area contributed by atoms with Gasteiger partial charge in [-0.25, -0.2) is 0 Å². The summed E-state index contributed by atoms with van der Waals surface area (Å²) < 4.78 is 1.77. The molecule has 2 fully saturated rings. The maximum atomic E-state index is 12.0. The van der Waals surface area contributed by atoms with E-state index in [2.05, 4.69) is 10.4 Å². The fraction of sp³-hybridized carbons (Fsp3) is 0.438. The van der Waals surface area contributed by atoms with Gasteiger partial charge in [0.25, 0.3) is 0 Å². The predicted molar refractivity (Wildman–Crippen MR) is 87.6 cm³/mol. The van der Waals surface area contributed by atoms with E-state index in [0.717, 1.165) is 16.6 Å². The minimum atomic E-state index is -1.04. The first kappa shape index (κ1) is 15.4. The molecule has 0 unspecified atom stereocenters. The monoisotopic (exact) mass is 348 g/mol. The lowest BCUT2D eigenvalue weighted by Gasteiger charge is -2.21. The Morgan fingerprint density at radius 2 is 2.33 bits per heavy atom. The highest BCUT2D eigenvalue weighted by molar-refractivity contribution is 6.35. The van der Waals surface area contributed by atoms with Crippen molar-refractivity contribution in [2.45, 2.75) is 6.54 Å². The fourth-order valence-electron chi connectivity index (χ4n) is 3.98. The summed E-state index contributed by atoms with van der Waals surface area (Å²) in [5.74, 6) is -1.61. The second-order valence-electron chi connectivity index (χ2n) is 6.61. The molecule has 2 aliphatic heterocycles. The number of aliphatic carboxylic acids is 1. The Morgan fingerprint density at radius 3 is 3.04 bits per heavy atom. The Kier molecular flexibility index (Phi) is 3.33. The second kappa shape index (κ2) is 5.19. The smallest absolute Gasteiger partial charge is 0.313 e. The van der Waals surface area contributed by atoms with Crippen molar-refractivity contribution in [3.05, 3.63) is 28.9 Å². The molecule has 2 N–H and O–H groups in total. The number of carbonyl (C=O) groups excluding carboxylic acids is 1. The van der Waals surface area contributed by atoms with Gasteiger partial charge in [0.1, 0.15) is 5.41 Å². The number of rotatable bonds is 3. The number of aryl methyl sites for hydroxylation is 1. The number of fused-ring (bicyclic) bond motifs is 2. The third-order valence-electron chi connectivity index (χ3n) is 5.21. The average molecular weight is 349 g/mol. The molecule has 2 saturated heterocycles. The number of hydrogen-bond donors (Lipinski definition) is 2. The summed E-state index contributed by atoms with van der Waals surface area (Å²) >= 11 is 6.33. The second-order valence-corrected chi connectivity index (χ2v) is 7.01. The number of carboxylic acids is 1. The van der Waals surface area contributed by atoms with Crippen LogP contribution in [0, 0.1) is 11.3 Å². The predicted octanol–water partition coefficient (Wildman–Crippen LogP) is 0.859. The van der Waals surface area contributed by atoms with Crippen molar-refractivity contribution in [1.82, 2.24) is 20.0 Å². The van der Waals surface area contributed by atoms with Crippen LogP contribution in [0.1, 0.15) is 5.69 Å². The van der Waals surface area contributed by atoms with E-state index in [9.17, 15) is 14.7 Å². The van der Waals surface area contributed by atoms with Crippen LogP contribution < -0.4 is 5.32 Å². The number of benzene rings is 1. The lowest BCUT2D eigenvalue weighted by Crippen LogP contribution is -2.40. The zero-order chi connectivity index (χ0) is 17.1. The molecule has 2 aliphatic rings. The van der Waals surface area contributed by atoms with Gasteiger partial charge in [0.15, 0.2) is 0 Å². The largest absolute Gasteiger partial charge is 0.481 e. The summed E-state index contributed by atoms with van der Waals surface area (Å²) in [6.45, 7) is 1.40. The molecule has 0 saturated carbocycles. The number of carbonyl (C=O) groups is 2. The molecule has 1 aromatic carbocycles. The van der Waals surface area contributed by atoms with Gasteiger partial charge in [-0.15, -0.1) is 0 Å². The molecule has 0 bridgehead atoms. The van der Waals surface area contributed by atoms with E-state index in [0.29, 0.717) is 24.7 Å². The van der Waals surface area contributed by atoms with Gasteiger partial charge in [0, 0.05) is 38.6 Å². The quantitative estimate of drug-likeness (QED) is 0.859. The lowest BCUT2D eigenvalue weighted by atomic mass is 9.81. The minimum absolute atomic E-state index is 0.177. The first-order valence-electron chi connectivity index (χ1n) is 7.76. The standard InChI is InChI=1S/C16H17ClN4O3/c1-20-12-4-2-3-10(17)13(12)11(19-20)6-21-5-9-14(22)18-7-16(9,8-21)15(23)24/h2-4,9H,5-8H2,1H3,(H,18,22)(H,23,24)/t9-,16+/m1/s1. The minimum Gasteiger partial charge on any atom is -0.481 e. The van der Waals surface area contributed by atoms with E-state index in [-0.39, 0.29) is 12.5 Å². The molecule has 1 aromatic heterocycles. The highest BCUT2D eigenvalue weighted by atomic mass is 35.5. The fourth-order valence-corrected chi connectivity index (χ4v) is 4.25. The Bertz CT molecular complexity index is 864. The van der Waals surface area contributed by atoms with Gasteiger partial charge in [-0.2, -0.15) is 5.10 Å². The van der Waals surface area contributed by atoms with Crippen molar-refractivity contribution in [2.24, 2.45) is 18.4 Å². The summed E-state index contributed by atoms with van der Waals surface area (Å²) in [4.78, 5) is 25.7. The van der Waals surface area contributed by atoms with Gasteiger partial charge in [-0.05, 0) is 12.1 Å². The highest BCUT2D eigenvalue weighted by Crippen LogP contribution is 2.41. The SMILES string of the molecule is Cn1nc(CN2C[C@@H]3C(=O)NC[C@]3(C(=O)O)C2)c2c(Cl)cccc21. The number of likely N-dealkylation sites (tertiary alicyclic amines) is 1. The van der Waals surface area contributed by atoms with E-state index in [1.165, 1.54) is 0 Å². The molecule has 4 rings (SSSR count). The van der Waals surface area contributed by atoms with Gasteiger partial charge in [-0.1, -0.05) is 17.7 Å². The lowest BCUT2D eigenvalue weighted by molar-refractivity contribution is -0.149.